The van der Waals surface area contributed by atoms with Gasteiger partial charge in [0.05, 0.1) is 19.0 Å². The summed E-state index contributed by atoms with van der Waals surface area (Å²) in [6, 6.07) is 13.6. The van der Waals surface area contributed by atoms with Crippen LogP contribution in [0.1, 0.15) is 21.6 Å². The standard InChI is InChI=1S/C19H19N3O3/c1-22(11-15-9-13-5-2-3-6-14(13)12-25-15)19(23)17-10-16(20-21-17)18-7-4-8-24-18/h2-8,10,15H,9,11-12H2,1H3,(H,20,21). The van der Waals surface area contributed by atoms with E-state index in [-0.39, 0.29) is 12.0 Å². The Balaban J connectivity index is 1.41. The fourth-order valence-electron chi connectivity index (χ4n) is 3.10. The van der Waals surface area contributed by atoms with E-state index in [0.717, 1.165) is 6.42 Å². The lowest BCUT2D eigenvalue weighted by Gasteiger charge is -2.28. The van der Waals surface area contributed by atoms with Crippen molar-refractivity contribution in [2.24, 2.45) is 0 Å². The summed E-state index contributed by atoms with van der Waals surface area (Å²) in [7, 11) is 1.77. The molecule has 1 N–H and O–H groups in total. The van der Waals surface area contributed by atoms with Crippen LogP contribution < -0.4 is 0 Å². The van der Waals surface area contributed by atoms with Gasteiger partial charge in [-0.1, -0.05) is 24.3 Å². The Bertz CT molecular complexity index is 870. The first kappa shape index (κ1) is 15.7. The number of likely N-dealkylation sites (N-methyl/N-ethyl adjacent to an activating group) is 1. The number of amides is 1. The third-order valence-corrected chi connectivity index (χ3v) is 4.45. The van der Waals surface area contributed by atoms with Gasteiger partial charge in [-0.3, -0.25) is 9.89 Å². The third-order valence-electron chi connectivity index (χ3n) is 4.45. The molecule has 0 bridgehead atoms. The Morgan fingerprint density at radius 1 is 1.28 bits per heavy atom. The summed E-state index contributed by atoms with van der Waals surface area (Å²) in [6.07, 6.45) is 2.39. The summed E-state index contributed by atoms with van der Waals surface area (Å²) < 4.78 is 11.2. The highest BCUT2D eigenvalue weighted by molar-refractivity contribution is 5.93. The highest BCUT2D eigenvalue weighted by Crippen LogP contribution is 2.22. The molecular weight excluding hydrogens is 318 g/mol. The molecular formula is C19H19N3O3. The first-order valence-electron chi connectivity index (χ1n) is 8.24. The van der Waals surface area contributed by atoms with Crippen molar-refractivity contribution in [2.45, 2.75) is 19.1 Å². The number of hydrogen-bond acceptors (Lipinski definition) is 4. The third kappa shape index (κ3) is 3.21. The lowest BCUT2D eigenvalue weighted by molar-refractivity contribution is 0.00972. The second-order valence-electron chi connectivity index (χ2n) is 6.24. The monoisotopic (exact) mass is 337 g/mol. The van der Waals surface area contributed by atoms with Gasteiger partial charge in [-0.05, 0) is 23.3 Å². The molecule has 6 heteroatoms. The first-order valence-corrected chi connectivity index (χ1v) is 8.24. The fraction of sp³-hybridized carbons (Fsp3) is 0.263. The number of fused-ring (bicyclic) bond motifs is 1. The van der Waals surface area contributed by atoms with Crippen LogP contribution in [-0.4, -0.2) is 40.7 Å². The Morgan fingerprint density at radius 2 is 2.12 bits per heavy atom. The highest BCUT2D eigenvalue weighted by Gasteiger charge is 2.24. The van der Waals surface area contributed by atoms with E-state index in [1.54, 1.807) is 30.3 Å². The molecule has 3 heterocycles. The molecule has 1 aliphatic heterocycles. The van der Waals surface area contributed by atoms with Crippen LogP contribution in [0.4, 0.5) is 0 Å². The molecule has 0 fully saturated rings. The normalized spacial score (nSPS) is 16.4. The van der Waals surface area contributed by atoms with Crippen molar-refractivity contribution in [2.75, 3.05) is 13.6 Å². The molecule has 0 spiro atoms. The second-order valence-corrected chi connectivity index (χ2v) is 6.24. The number of furan rings is 1. The molecule has 3 aromatic rings. The van der Waals surface area contributed by atoms with E-state index < -0.39 is 0 Å². The lowest BCUT2D eigenvalue weighted by atomic mass is 9.99. The molecule has 0 saturated heterocycles. The lowest BCUT2D eigenvalue weighted by Crippen LogP contribution is -2.38. The quantitative estimate of drug-likeness (QED) is 0.795. The van der Waals surface area contributed by atoms with Gasteiger partial charge in [0.2, 0.25) is 0 Å². The van der Waals surface area contributed by atoms with E-state index in [2.05, 4.69) is 22.3 Å². The van der Waals surface area contributed by atoms with Gasteiger partial charge in [0, 0.05) is 26.1 Å². The van der Waals surface area contributed by atoms with E-state index >= 15 is 0 Å². The minimum atomic E-state index is -0.142. The number of carbonyl (C=O) groups excluding carboxylic acids is 1. The number of nitrogens with one attached hydrogen (secondary N) is 1. The second kappa shape index (κ2) is 6.57. The van der Waals surface area contributed by atoms with Crippen molar-refractivity contribution in [1.82, 2.24) is 15.1 Å². The Hall–Kier alpha value is -2.86. The van der Waals surface area contributed by atoms with Gasteiger partial charge in [0.15, 0.2) is 11.5 Å². The Morgan fingerprint density at radius 3 is 2.92 bits per heavy atom. The Kier molecular flexibility index (Phi) is 4.11. The predicted octanol–water partition coefficient (Wildman–Crippen LogP) is 2.88. The number of ether oxygens (including phenoxy) is 1. The summed E-state index contributed by atoms with van der Waals surface area (Å²) in [4.78, 5) is 14.3. The zero-order chi connectivity index (χ0) is 17.2. The smallest absolute Gasteiger partial charge is 0.274 e. The molecule has 0 radical (unpaired) electrons. The SMILES string of the molecule is CN(CC1Cc2ccccc2CO1)C(=O)c1cc(-c2ccco2)[nH]n1. The Labute approximate surface area is 145 Å². The maximum Gasteiger partial charge on any atom is 0.274 e. The highest BCUT2D eigenvalue weighted by atomic mass is 16.5. The van der Waals surface area contributed by atoms with E-state index in [4.69, 9.17) is 9.15 Å². The molecule has 2 aromatic heterocycles. The molecule has 0 saturated carbocycles. The van der Waals surface area contributed by atoms with Crippen molar-refractivity contribution in [3.8, 4) is 11.5 Å². The van der Waals surface area contributed by atoms with Crippen molar-refractivity contribution in [1.29, 1.82) is 0 Å². The van der Waals surface area contributed by atoms with Crippen LogP contribution in [0.5, 0.6) is 0 Å². The maximum absolute atomic E-state index is 12.6. The summed E-state index contributed by atoms with van der Waals surface area (Å²) in [6.45, 7) is 1.12. The minimum Gasteiger partial charge on any atom is -0.463 e. The molecule has 1 aromatic carbocycles. The fourth-order valence-corrected chi connectivity index (χ4v) is 3.10. The van der Waals surface area contributed by atoms with Gasteiger partial charge < -0.3 is 14.1 Å². The molecule has 128 valence electrons. The van der Waals surface area contributed by atoms with Crippen LogP contribution in [0.15, 0.2) is 53.1 Å². The topological polar surface area (TPSA) is 71.4 Å². The zero-order valence-electron chi connectivity index (χ0n) is 13.9. The molecule has 6 nitrogen and oxygen atoms in total. The van der Waals surface area contributed by atoms with Gasteiger partial charge in [-0.2, -0.15) is 5.10 Å². The largest absolute Gasteiger partial charge is 0.463 e. The number of hydrogen-bond donors (Lipinski definition) is 1. The maximum atomic E-state index is 12.6. The van der Waals surface area contributed by atoms with Gasteiger partial charge in [0.25, 0.3) is 5.91 Å². The van der Waals surface area contributed by atoms with Crippen LogP contribution in [-0.2, 0) is 17.8 Å². The van der Waals surface area contributed by atoms with Crippen LogP contribution in [0, 0.1) is 0 Å². The molecule has 1 amide bonds. The average molecular weight is 337 g/mol. The number of benzene rings is 1. The van der Waals surface area contributed by atoms with Gasteiger partial charge >= 0.3 is 0 Å². The molecule has 1 aliphatic rings. The first-order chi connectivity index (χ1) is 12.2. The zero-order valence-corrected chi connectivity index (χ0v) is 13.9. The van der Waals surface area contributed by atoms with Gasteiger partial charge in [-0.15, -0.1) is 0 Å². The summed E-state index contributed by atoms with van der Waals surface area (Å²) >= 11 is 0. The molecule has 1 atom stereocenters. The number of rotatable bonds is 4. The summed E-state index contributed by atoms with van der Waals surface area (Å²) in [5.74, 6) is 0.512. The van der Waals surface area contributed by atoms with Crippen LogP contribution >= 0.6 is 0 Å². The molecule has 0 aliphatic carbocycles. The van der Waals surface area contributed by atoms with E-state index in [9.17, 15) is 4.79 Å². The van der Waals surface area contributed by atoms with Crippen molar-refractivity contribution < 1.29 is 13.9 Å². The molecule has 25 heavy (non-hydrogen) atoms. The minimum absolute atomic E-state index is 0.00710. The van der Waals surface area contributed by atoms with Crippen molar-refractivity contribution in [3.05, 3.63) is 65.5 Å². The summed E-state index contributed by atoms with van der Waals surface area (Å²) in [5.41, 5.74) is 3.57. The van der Waals surface area contributed by atoms with Crippen LogP contribution in [0.2, 0.25) is 0 Å². The number of aromatic amines is 1. The number of aromatic nitrogens is 2. The number of H-pyrrole nitrogens is 1. The number of carbonyl (C=O) groups is 1. The predicted molar refractivity (Wildman–Crippen MR) is 92.0 cm³/mol. The van der Waals surface area contributed by atoms with Crippen molar-refractivity contribution >= 4 is 5.91 Å². The van der Waals surface area contributed by atoms with Crippen molar-refractivity contribution in [3.63, 3.8) is 0 Å². The van der Waals surface area contributed by atoms with Crippen LogP contribution in [0.25, 0.3) is 11.5 Å². The van der Waals surface area contributed by atoms with E-state index in [1.807, 2.05) is 18.2 Å². The average Bonchev–Trinajstić information content (AvgIpc) is 3.32. The van der Waals surface area contributed by atoms with Gasteiger partial charge in [0.1, 0.15) is 5.69 Å². The molecule has 4 rings (SSSR count). The van der Waals surface area contributed by atoms with E-state index in [0.29, 0.717) is 30.3 Å². The van der Waals surface area contributed by atoms with E-state index in [1.165, 1.54) is 11.1 Å². The van der Waals surface area contributed by atoms with Gasteiger partial charge in [-0.25, -0.2) is 0 Å². The van der Waals surface area contributed by atoms with Crippen LogP contribution in [0.3, 0.4) is 0 Å². The number of nitrogens with zero attached hydrogens (tertiary/aromatic N) is 2. The summed E-state index contributed by atoms with van der Waals surface area (Å²) in [5, 5.41) is 6.94. The molecule has 1 unspecified atom stereocenters.